The lowest BCUT2D eigenvalue weighted by Crippen LogP contribution is -2.61. The van der Waals surface area contributed by atoms with Crippen molar-refractivity contribution < 1.29 is 0 Å². The van der Waals surface area contributed by atoms with E-state index in [1.807, 2.05) is 0 Å². The molecule has 6 aliphatic carbocycles. The van der Waals surface area contributed by atoms with Gasteiger partial charge in [0.15, 0.2) is 0 Å². The highest BCUT2D eigenvalue weighted by Crippen LogP contribution is 2.69. The fraction of sp³-hybridized carbons (Fsp3) is 0.0286. The Morgan fingerprint density at radius 2 is 0.596 bits per heavy atom. The third kappa shape index (κ3) is 6.92. The lowest BCUT2D eigenvalue weighted by Gasteiger charge is -2.46. The first kappa shape index (κ1) is 58.5. The summed E-state index contributed by atoms with van der Waals surface area (Å²) in [7, 11) is 0. The topological polar surface area (TPSA) is 11.4 Å². The number of aromatic nitrogens is 1. The molecule has 0 bridgehead atoms. The average Bonchev–Trinajstić information content (AvgIpc) is 1.54. The molecular formula is C105H62BN3. The SMILES string of the molecule is c1ccc(-c2ccc3c(c2)B2c4ccc5c(c4N(c4ccc6c(c4)-c4ccccc4C64c6ccccc6-c6ccccc64)c4cc(-n6c7ccccc7c7ccccc76)cc(c42)N3c2cccc3c2-c2ccccc2C32c3ccccc3-c3ccccc32)-c2ccccc2C52c3ccccc3-c3ccccc32)cc1. The average molecular weight is 1380 g/mol. The van der Waals surface area contributed by atoms with Crippen molar-refractivity contribution in [1.82, 2.24) is 4.57 Å². The van der Waals surface area contributed by atoms with E-state index >= 15 is 0 Å². The van der Waals surface area contributed by atoms with Crippen LogP contribution in [0.1, 0.15) is 66.8 Å². The molecule has 0 N–H and O–H groups in total. The van der Waals surface area contributed by atoms with Crippen LogP contribution in [0.15, 0.2) is 376 Å². The first-order chi connectivity index (χ1) is 54.1. The molecule has 0 unspecified atom stereocenters. The van der Waals surface area contributed by atoms with Crippen molar-refractivity contribution in [2.24, 2.45) is 0 Å². The van der Waals surface area contributed by atoms with E-state index in [4.69, 9.17) is 0 Å². The Balaban J connectivity index is 0.833. The summed E-state index contributed by atoms with van der Waals surface area (Å²) < 4.78 is 2.58. The predicted molar refractivity (Wildman–Crippen MR) is 449 cm³/mol. The molecule has 500 valence electrons. The molecule has 109 heavy (non-hydrogen) atoms. The van der Waals surface area contributed by atoms with Crippen LogP contribution < -0.4 is 26.2 Å². The number of nitrogens with zero attached hydrogens (tertiary/aromatic N) is 3. The van der Waals surface area contributed by atoms with Gasteiger partial charge in [0.1, 0.15) is 0 Å². The van der Waals surface area contributed by atoms with Gasteiger partial charge in [0, 0.05) is 50.3 Å². The van der Waals surface area contributed by atoms with Crippen molar-refractivity contribution in [3.63, 3.8) is 0 Å². The number of anilines is 6. The minimum Gasteiger partial charge on any atom is -0.311 e. The fourth-order valence-corrected chi connectivity index (χ4v) is 22.9. The van der Waals surface area contributed by atoms with Crippen LogP contribution >= 0.6 is 0 Å². The minimum absolute atomic E-state index is 0.260. The van der Waals surface area contributed by atoms with Crippen LogP contribution in [0.3, 0.4) is 0 Å². The van der Waals surface area contributed by atoms with Crippen molar-refractivity contribution in [3.05, 3.63) is 443 Å². The molecule has 3 heterocycles. The van der Waals surface area contributed by atoms with Gasteiger partial charge in [-0.15, -0.1) is 0 Å². The molecule has 0 fully saturated rings. The first-order valence-corrected chi connectivity index (χ1v) is 38.4. The zero-order valence-electron chi connectivity index (χ0n) is 59.2. The van der Waals surface area contributed by atoms with Crippen molar-refractivity contribution in [3.8, 4) is 83.6 Å². The summed E-state index contributed by atoms with van der Waals surface area (Å²) in [6, 6.07) is 146. The van der Waals surface area contributed by atoms with Gasteiger partial charge in [-0.2, -0.15) is 0 Å². The lowest BCUT2D eigenvalue weighted by atomic mass is 9.33. The van der Waals surface area contributed by atoms with Gasteiger partial charge in [-0.25, -0.2) is 0 Å². The maximum Gasteiger partial charge on any atom is 0.252 e. The van der Waals surface area contributed by atoms with E-state index in [0.29, 0.717) is 0 Å². The Morgan fingerprint density at radius 3 is 1.11 bits per heavy atom. The predicted octanol–water partition coefficient (Wildman–Crippen LogP) is 23.6. The summed E-state index contributed by atoms with van der Waals surface area (Å²) in [6.07, 6.45) is 0. The molecule has 2 aliphatic heterocycles. The molecule has 18 aromatic rings. The van der Waals surface area contributed by atoms with Gasteiger partial charge in [0.05, 0.1) is 38.7 Å². The van der Waals surface area contributed by atoms with Gasteiger partial charge in [-0.05, 0) is 198 Å². The molecule has 3 nitrogen and oxygen atoms in total. The quantitative estimate of drug-likeness (QED) is 0.163. The summed E-state index contributed by atoms with van der Waals surface area (Å²) in [4.78, 5) is 5.51. The molecule has 17 aromatic carbocycles. The second-order valence-electron chi connectivity index (χ2n) is 31.0. The van der Waals surface area contributed by atoms with Crippen LogP contribution in [0.4, 0.5) is 34.1 Å². The number of rotatable bonds is 4. The van der Waals surface area contributed by atoms with E-state index in [2.05, 4.69) is 390 Å². The van der Waals surface area contributed by atoms with Crippen LogP contribution in [0.2, 0.25) is 0 Å². The van der Waals surface area contributed by atoms with Crippen molar-refractivity contribution in [2.45, 2.75) is 16.2 Å². The van der Waals surface area contributed by atoms with Crippen LogP contribution in [-0.4, -0.2) is 11.3 Å². The van der Waals surface area contributed by atoms with E-state index in [0.717, 1.165) is 45.2 Å². The van der Waals surface area contributed by atoms with Crippen molar-refractivity contribution in [1.29, 1.82) is 0 Å². The molecule has 0 saturated heterocycles. The largest absolute Gasteiger partial charge is 0.311 e. The maximum absolute atomic E-state index is 2.78. The van der Waals surface area contributed by atoms with Gasteiger partial charge in [-0.1, -0.05) is 328 Å². The monoisotopic (exact) mass is 1380 g/mol. The number of hydrogen-bond acceptors (Lipinski definition) is 2. The smallest absolute Gasteiger partial charge is 0.252 e. The fourth-order valence-electron chi connectivity index (χ4n) is 22.9. The van der Waals surface area contributed by atoms with E-state index in [9.17, 15) is 0 Å². The maximum atomic E-state index is 2.78. The summed E-state index contributed by atoms with van der Waals surface area (Å²) in [5.41, 5.74) is 45.9. The Bertz CT molecular complexity index is 6980. The number of benzene rings is 17. The molecule has 1 aromatic heterocycles. The summed E-state index contributed by atoms with van der Waals surface area (Å²) in [5, 5.41) is 2.44. The lowest BCUT2D eigenvalue weighted by molar-refractivity contribution is 0.793. The first-order valence-electron chi connectivity index (χ1n) is 38.4. The van der Waals surface area contributed by atoms with E-state index in [-0.39, 0.29) is 6.71 Å². The molecule has 8 aliphatic rings. The van der Waals surface area contributed by atoms with Crippen molar-refractivity contribution >= 4 is 79.0 Å². The Kier molecular flexibility index (Phi) is 11.2. The Morgan fingerprint density at radius 1 is 0.211 bits per heavy atom. The second kappa shape index (κ2) is 20.8. The van der Waals surface area contributed by atoms with Gasteiger partial charge >= 0.3 is 0 Å². The Hall–Kier alpha value is -13.8. The zero-order valence-corrected chi connectivity index (χ0v) is 59.2. The zero-order chi connectivity index (χ0) is 70.7. The van der Waals surface area contributed by atoms with Crippen LogP contribution in [0, 0.1) is 0 Å². The van der Waals surface area contributed by atoms with Crippen LogP contribution in [0.5, 0.6) is 0 Å². The van der Waals surface area contributed by atoms with Gasteiger partial charge in [0.2, 0.25) is 0 Å². The third-order valence-electron chi connectivity index (χ3n) is 26.6. The van der Waals surface area contributed by atoms with Gasteiger partial charge in [-0.3, -0.25) is 0 Å². The number of fused-ring (bicyclic) bond motifs is 38. The molecule has 0 saturated carbocycles. The van der Waals surface area contributed by atoms with Gasteiger partial charge < -0.3 is 14.4 Å². The molecule has 0 radical (unpaired) electrons. The van der Waals surface area contributed by atoms with E-state index in [1.54, 1.807) is 0 Å². The van der Waals surface area contributed by atoms with Crippen molar-refractivity contribution in [2.75, 3.05) is 9.80 Å². The summed E-state index contributed by atoms with van der Waals surface area (Å²) >= 11 is 0. The summed E-state index contributed by atoms with van der Waals surface area (Å²) in [6.45, 7) is -0.260. The highest BCUT2D eigenvalue weighted by molar-refractivity contribution is 7.00. The van der Waals surface area contributed by atoms with Crippen LogP contribution in [-0.2, 0) is 16.2 Å². The molecule has 26 rings (SSSR count). The molecule has 4 heteroatoms. The summed E-state index contributed by atoms with van der Waals surface area (Å²) in [5.74, 6) is 0. The van der Waals surface area contributed by atoms with Crippen LogP contribution in [0.25, 0.3) is 105 Å². The number of para-hydroxylation sites is 2. The Labute approximate surface area is 631 Å². The highest BCUT2D eigenvalue weighted by atomic mass is 15.2. The second-order valence-corrected chi connectivity index (χ2v) is 31.0. The molecular weight excluding hydrogens is 1310 g/mol. The van der Waals surface area contributed by atoms with Gasteiger partial charge in [0.25, 0.3) is 6.71 Å². The number of hydrogen-bond donors (Lipinski definition) is 0. The van der Waals surface area contributed by atoms with E-state index in [1.165, 1.54) is 177 Å². The normalized spacial score (nSPS) is 15.0. The molecule has 3 spiro atoms. The van der Waals surface area contributed by atoms with E-state index < -0.39 is 16.2 Å². The highest BCUT2D eigenvalue weighted by Gasteiger charge is 2.58. The standard InChI is InChI=1S/C105H62BN3/c1-2-27-63(28-3-1)64-53-58-95-92(59-64)106-91-57-56-90-100(77-39-12-23-48-87(77)105(90)83-44-19-8-33-71(83)72-34-9-20-45-84(72)105)102(91)108(65-54-55-88-78(60-65)73-35-10-21-46-85(73)103(88)79-40-15-4-29-67(79)68-30-5-16-41-80(68)103)97-61-66(107-93-50-24-13-36-74(93)75-37-14-25-51-94(75)107)62-98(101(97)106)109(95)96-52-26-49-89-99(96)76-38-11-22-47-86(76)104(89)81-42-17-6-31-69(81)70-32-7-18-43-82(70)104/h1-62H. The molecule has 0 atom stereocenters. The molecule has 0 amide bonds. The third-order valence-corrected chi connectivity index (χ3v) is 26.6. The minimum atomic E-state index is -0.619.